The highest BCUT2D eigenvalue weighted by molar-refractivity contribution is 6.36. The Morgan fingerprint density at radius 1 is 1.40 bits per heavy atom. The first-order chi connectivity index (χ1) is 6.86. The van der Waals surface area contributed by atoms with Crippen LogP contribution in [0.5, 0.6) is 0 Å². The maximum absolute atomic E-state index is 12.3. The number of alkyl halides is 3. The molecule has 0 atom stereocenters. The molecule has 0 aromatic heterocycles. The highest BCUT2D eigenvalue weighted by Crippen LogP contribution is 2.21. The second-order valence-corrected chi connectivity index (χ2v) is 2.58. The van der Waals surface area contributed by atoms with Crippen molar-refractivity contribution in [2.75, 3.05) is 13.7 Å². The number of carbonyl (C=O) groups excluding carboxylic acids is 1. The summed E-state index contributed by atoms with van der Waals surface area (Å²) in [5, 5.41) is 3.10. The Hall–Kier alpha value is -1.27. The van der Waals surface area contributed by atoms with E-state index in [0.29, 0.717) is 0 Å². The predicted molar refractivity (Wildman–Crippen MR) is 48.2 cm³/mol. The molecule has 0 saturated heterocycles. The molecule has 0 aromatic rings. The van der Waals surface area contributed by atoms with Crippen molar-refractivity contribution in [3.63, 3.8) is 0 Å². The molecule has 0 fully saturated rings. The minimum atomic E-state index is -4.58. The van der Waals surface area contributed by atoms with E-state index in [0.717, 1.165) is 7.11 Å². The highest BCUT2D eigenvalue weighted by atomic mass is 19.4. The summed E-state index contributed by atoms with van der Waals surface area (Å²) < 4.78 is 41.1. The van der Waals surface area contributed by atoms with E-state index in [9.17, 15) is 18.0 Å². The van der Waals surface area contributed by atoms with Crippen LogP contribution in [-0.4, -0.2) is 36.6 Å². The van der Waals surface area contributed by atoms with Gasteiger partial charge in [0.05, 0.1) is 7.11 Å². The largest absolute Gasteiger partial charge is 0.500 e. The third-order valence-electron chi connectivity index (χ3n) is 1.59. The van der Waals surface area contributed by atoms with Crippen LogP contribution >= 0.6 is 0 Å². The van der Waals surface area contributed by atoms with Crippen molar-refractivity contribution in [3.05, 3.63) is 0 Å². The normalized spacial score (nSPS) is 12.5. The minimum Gasteiger partial charge on any atom is -0.464 e. The monoisotopic (exact) mass is 226 g/mol. The summed E-state index contributed by atoms with van der Waals surface area (Å²) in [6, 6.07) is 0. The lowest BCUT2D eigenvalue weighted by molar-refractivity contribution is -0.244. The first kappa shape index (κ1) is 13.7. The number of carbonyl (C=O) groups is 1. The molecule has 0 rings (SSSR count). The number of rotatable bonds is 4. The summed E-state index contributed by atoms with van der Waals surface area (Å²) in [5.74, 6) is -0.847. The standard InChI is InChI=1S/C8H13F3N2O2/c1-4-6(7(14)15-3)12-13(5-2)8(9,10)11/h4-5H2,1-3H3/b12-6+. The lowest BCUT2D eigenvalue weighted by Gasteiger charge is -2.20. The van der Waals surface area contributed by atoms with E-state index in [1.54, 1.807) is 0 Å². The van der Waals surface area contributed by atoms with Gasteiger partial charge in [-0.05, 0) is 13.3 Å². The molecular weight excluding hydrogens is 213 g/mol. The molecule has 0 heterocycles. The number of hydrogen-bond donors (Lipinski definition) is 0. The Balaban J connectivity index is 4.87. The fraction of sp³-hybridized carbons (Fsp3) is 0.750. The van der Waals surface area contributed by atoms with Crippen molar-refractivity contribution in [2.24, 2.45) is 5.10 Å². The highest BCUT2D eigenvalue weighted by Gasteiger charge is 2.36. The molecule has 0 unspecified atom stereocenters. The third-order valence-corrected chi connectivity index (χ3v) is 1.59. The van der Waals surface area contributed by atoms with Crippen molar-refractivity contribution >= 4 is 11.7 Å². The van der Waals surface area contributed by atoms with Crippen LogP contribution in [0.4, 0.5) is 13.2 Å². The van der Waals surface area contributed by atoms with Crippen molar-refractivity contribution in [1.29, 1.82) is 0 Å². The second kappa shape index (κ2) is 5.57. The van der Waals surface area contributed by atoms with Gasteiger partial charge in [0.15, 0.2) is 0 Å². The Morgan fingerprint density at radius 3 is 2.20 bits per heavy atom. The van der Waals surface area contributed by atoms with E-state index in [1.807, 2.05) is 0 Å². The van der Waals surface area contributed by atoms with E-state index in [4.69, 9.17) is 0 Å². The summed E-state index contributed by atoms with van der Waals surface area (Å²) in [4.78, 5) is 11.0. The second-order valence-electron chi connectivity index (χ2n) is 2.58. The summed E-state index contributed by atoms with van der Waals surface area (Å²) in [6.07, 6.45) is -4.50. The van der Waals surface area contributed by atoms with Crippen molar-refractivity contribution in [1.82, 2.24) is 5.01 Å². The van der Waals surface area contributed by atoms with Gasteiger partial charge in [-0.25, -0.2) is 9.80 Å². The van der Waals surface area contributed by atoms with Gasteiger partial charge in [-0.3, -0.25) is 0 Å². The van der Waals surface area contributed by atoms with Crippen LogP contribution in [0.1, 0.15) is 20.3 Å². The van der Waals surface area contributed by atoms with Crippen LogP contribution < -0.4 is 0 Å². The summed E-state index contributed by atoms with van der Waals surface area (Å²) in [5.41, 5.74) is -0.253. The molecule has 7 heteroatoms. The molecule has 4 nitrogen and oxygen atoms in total. The quantitative estimate of drug-likeness (QED) is 0.317. The zero-order chi connectivity index (χ0) is 12.1. The Bertz CT molecular complexity index is 251. The van der Waals surface area contributed by atoms with Gasteiger partial charge < -0.3 is 4.74 Å². The molecule has 0 saturated carbocycles. The van der Waals surface area contributed by atoms with Gasteiger partial charge in [0, 0.05) is 6.54 Å². The third kappa shape index (κ3) is 4.18. The minimum absolute atomic E-state index is 0.0826. The van der Waals surface area contributed by atoms with Crippen molar-refractivity contribution in [2.45, 2.75) is 26.6 Å². The van der Waals surface area contributed by atoms with Crippen LogP contribution in [0.3, 0.4) is 0 Å². The van der Waals surface area contributed by atoms with E-state index in [2.05, 4.69) is 9.84 Å². The molecule has 0 amide bonds. The van der Waals surface area contributed by atoms with Gasteiger partial charge in [0.25, 0.3) is 0 Å². The van der Waals surface area contributed by atoms with Crippen LogP contribution in [0.15, 0.2) is 5.10 Å². The van der Waals surface area contributed by atoms with Crippen LogP contribution in [-0.2, 0) is 9.53 Å². The lowest BCUT2D eigenvalue weighted by Crippen LogP contribution is -2.35. The SMILES string of the molecule is CC/C(=N\N(CC)C(F)(F)F)C(=O)OC. The molecule has 0 bridgehead atoms. The van der Waals surface area contributed by atoms with Gasteiger partial charge in [-0.2, -0.15) is 5.10 Å². The van der Waals surface area contributed by atoms with Crippen molar-refractivity contribution < 1.29 is 22.7 Å². The molecule has 0 aliphatic rings. The van der Waals surface area contributed by atoms with Gasteiger partial charge in [0.1, 0.15) is 5.71 Å². The van der Waals surface area contributed by atoms with E-state index < -0.39 is 12.3 Å². The molecule has 88 valence electrons. The maximum Gasteiger partial charge on any atom is 0.500 e. The number of hydrazone groups is 1. The smallest absolute Gasteiger partial charge is 0.464 e. The molecule has 0 radical (unpaired) electrons. The van der Waals surface area contributed by atoms with Gasteiger partial charge in [-0.1, -0.05) is 6.92 Å². The fourth-order valence-electron chi connectivity index (χ4n) is 0.826. The van der Waals surface area contributed by atoms with Crippen LogP contribution in [0.25, 0.3) is 0 Å². The van der Waals surface area contributed by atoms with Gasteiger partial charge in [0.2, 0.25) is 0 Å². The molecular formula is C8H13F3N2O2. The Labute approximate surface area is 85.7 Å². The average molecular weight is 226 g/mol. The molecule has 0 N–H and O–H groups in total. The number of halogens is 3. The predicted octanol–water partition coefficient (Wildman–Crippen LogP) is 1.77. The average Bonchev–Trinajstić information content (AvgIpc) is 2.16. The number of methoxy groups -OCH3 is 1. The zero-order valence-electron chi connectivity index (χ0n) is 8.76. The number of ether oxygens (including phenoxy) is 1. The number of hydrogen-bond acceptors (Lipinski definition) is 4. The summed E-state index contributed by atoms with van der Waals surface area (Å²) in [7, 11) is 1.09. The lowest BCUT2D eigenvalue weighted by atomic mass is 10.3. The van der Waals surface area contributed by atoms with E-state index in [1.165, 1.54) is 13.8 Å². The van der Waals surface area contributed by atoms with Crippen LogP contribution in [0, 0.1) is 0 Å². The van der Waals surface area contributed by atoms with E-state index in [-0.39, 0.29) is 23.7 Å². The molecule has 0 aliphatic heterocycles. The Kier molecular flexibility index (Phi) is 5.10. The topological polar surface area (TPSA) is 41.9 Å². The Morgan fingerprint density at radius 2 is 1.93 bits per heavy atom. The molecule has 0 spiro atoms. The van der Waals surface area contributed by atoms with Crippen molar-refractivity contribution in [3.8, 4) is 0 Å². The van der Waals surface area contributed by atoms with Gasteiger partial charge >= 0.3 is 12.3 Å². The number of esters is 1. The number of nitrogens with zero attached hydrogens (tertiary/aromatic N) is 2. The first-order valence-corrected chi connectivity index (χ1v) is 4.36. The fourth-order valence-corrected chi connectivity index (χ4v) is 0.826. The van der Waals surface area contributed by atoms with E-state index >= 15 is 0 Å². The maximum atomic E-state index is 12.3. The zero-order valence-corrected chi connectivity index (χ0v) is 8.76. The summed E-state index contributed by atoms with van der Waals surface area (Å²) >= 11 is 0. The first-order valence-electron chi connectivity index (χ1n) is 4.36. The molecule has 0 aromatic carbocycles. The van der Waals surface area contributed by atoms with Gasteiger partial charge in [-0.15, -0.1) is 13.2 Å². The summed E-state index contributed by atoms with van der Waals surface area (Å²) in [6.45, 7) is 2.46. The van der Waals surface area contributed by atoms with Crippen LogP contribution in [0.2, 0.25) is 0 Å². The molecule has 0 aliphatic carbocycles. The molecule has 15 heavy (non-hydrogen) atoms.